The first-order valence-corrected chi connectivity index (χ1v) is 7.44. The summed E-state index contributed by atoms with van der Waals surface area (Å²) < 4.78 is 1.84. The SMILES string of the molecule is CCC1CCC(O)(CNCc2cn(C)nc2C)CC1. The molecule has 1 saturated carbocycles. The maximum atomic E-state index is 10.6. The van der Waals surface area contributed by atoms with Gasteiger partial charge in [0.1, 0.15) is 0 Å². The summed E-state index contributed by atoms with van der Waals surface area (Å²) in [5.41, 5.74) is 1.78. The van der Waals surface area contributed by atoms with Gasteiger partial charge in [-0.15, -0.1) is 0 Å². The van der Waals surface area contributed by atoms with Crippen LogP contribution in [0.25, 0.3) is 0 Å². The summed E-state index contributed by atoms with van der Waals surface area (Å²) in [4.78, 5) is 0. The Morgan fingerprint density at radius 3 is 2.68 bits per heavy atom. The number of aliphatic hydroxyl groups is 1. The average molecular weight is 265 g/mol. The lowest BCUT2D eigenvalue weighted by Gasteiger charge is -2.36. The molecule has 2 rings (SSSR count). The smallest absolute Gasteiger partial charge is 0.0771 e. The van der Waals surface area contributed by atoms with Crippen LogP contribution >= 0.6 is 0 Å². The van der Waals surface area contributed by atoms with Crippen molar-refractivity contribution in [3.05, 3.63) is 17.5 Å². The van der Waals surface area contributed by atoms with E-state index in [0.29, 0.717) is 6.54 Å². The van der Waals surface area contributed by atoms with Gasteiger partial charge in [0.05, 0.1) is 11.3 Å². The second kappa shape index (κ2) is 6.06. The predicted octanol–water partition coefficient (Wildman–Crippen LogP) is 2.15. The van der Waals surface area contributed by atoms with Gasteiger partial charge in [-0.2, -0.15) is 5.10 Å². The van der Waals surface area contributed by atoms with Gasteiger partial charge in [-0.05, 0) is 38.5 Å². The van der Waals surface area contributed by atoms with Crippen LogP contribution in [-0.4, -0.2) is 27.0 Å². The second-order valence-electron chi connectivity index (χ2n) is 6.09. The van der Waals surface area contributed by atoms with Crippen LogP contribution in [0.5, 0.6) is 0 Å². The minimum atomic E-state index is -0.498. The van der Waals surface area contributed by atoms with Crippen LogP contribution in [-0.2, 0) is 13.6 Å². The Labute approximate surface area is 116 Å². The third kappa shape index (κ3) is 3.80. The van der Waals surface area contributed by atoms with Crippen molar-refractivity contribution >= 4 is 0 Å². The molecule has 19 heavy (non-hydrogen) atoms. The lowest BCUT2D eigenvalue weighted by atomic mass is 9.78. The highest BCUT2D eigenvalue weighted by Gasteiger charge is 2.32. The van der Waals surface area contributed by atoms with Crippen molar-refractivity contribution in [2.24, 2.45) is 13.0 Å². The zero-order valence-electron chi connectivity index (χ0n) is 12.4. The molecule has 1 fully saturated rings. The van der Waals surface area contributed by atoms with E-state index >= 15 is 0 Å². The van der Waals surface area contributed by atoms with E-state index in [1.54, 1.807) is 0 Å². The topological polar surface area (TPSA) is 50.1 Å². The molecule has 1 heterocycles. The molecule has 108 valence electrons. The monoisotopic (exact) mass is 265 g/mol. The molecule has 0 radical (unpaired) electrons. The number of nitrogens with zero attached hydrogens (tertiary/aromatic N) is 2. The molecule has 1 aromatic rings. The van der Waals surface area contributed by atoms with Crippen molar-refractivity contribution in [1.29, 1.82) is 0 Å². The van der Waals surface area contributed by atoms with Crippen molar-refractivity contribution in [1.82, 2.24) is 15.1 Å². The van der Waals surface area contributed by atoms with Crippen molar-refractivity contribution in [3.63, 3.8) is 0 Å². The Balaban J connectivity index is 1.78. The fraction of sp³-hybridized carbons (Fsp3) is 0.800. The van der Waals surface area contributed by atoms with Crippen LogP contribution in [0, 0.1) is 12.8 Å². The van der Waals surface area contributed by atoms with Gasteiger partial charge in [-0.3, -0.25) is 4.68 Å². The number of aryl methyl sites for hydroxylation is 2. The molecule has 0 amide bonds. The lowest BCUT2D eigenvalue weighted by molar-refractivity contribution is -0.00882. The molecular formula is C15H27N3O. The third-order valence-electron chi connectivity index (χ3n) is 4.50. The molecule has 2 N–H and O–H groups in total. The molecule has 1 aliphatic carbocycles. The van der Waals surface area contributed by atoms with Crippen LogP contribution < -0.4 is 5.32 Å². The summed E-state index contributed by atoms with van der Waals surface area (Å²) in [6, 6.07) is 0. The Morgan fingerprint density at radius 2 is 2.16 bits per heavy atom. The number of hydrogen-bond acceptors (Lipinski definition) is 3. The predicted molar refractivity (Wildman–Crippen MR) is 76.9 cm³/mol. The molecule has 0 aromatic carbocycles. The van der Waals surface area contributed by atoms with E-state index in [9.17, 15) is 5.11 Å². The molecule has 0 atom stereocenters. The normalized spacial score (nSPS) is 27.7. The molecule has 4 heteroatoms. The Kier molecular flexibility index (Phi) is 4.63. The molecule has 1 aromatic heterocycles. The zero-order chi connectivity index (χ0) is 13.9. The van der Waals surface area contributed by atoms with Gasteiger partial charge >= 0.3 is 0 Å². The van der Waals surface area contributed by atoms with Crippen molar-refractivity contribution in [3.8, 4) is 0 Å². The summed E-state index contributed by atoms with van der Waals surface area (Å²) >= 11 is 0. The number of nitrogens with one attached hydrogen (secondary N) is 1. The van der Waals surface area contributed by atoms with Crippen molar-refractivity contribution in [2.45, 2.75) is 58.1 Å². The summed E-state index contributed by atoms with van der Waals surface area (Å²) in [5, 5.41) is 18.3. The first-order chi connectivity index (χ1) is 9.02. The quantitative estimate of drug-likeness (QED) is 0.857. The molecule has 0 spiro atoms. The van der Waals surface area contributed by atoms with E-state index < -0.39 is 5.60 Å². The van der Waals surface area contributed by atoms with E-state index in [0.717, 1.165) is 31.0 Å². The summed E-state index contributed by atoms with van der Waals surface area (Å²) in [7, 11) is 1.94. The van der Waals surface area contributed by atoms with Gasteiger partial charge in [0.25, 0.3) is 0 Å². The second-order valence-corrected chi connectivity index (χ2v) is 6.09. The lowest BCUT2D eigenvalue weighted by Crippen LogP contribution is -2.43. The van der Waals surface area contributed by atoms with Crippen molar-refractivity contribution in [2.75, 3.05) is 6.54 Å². The van der Waals surface area contributed by atoms with Crippen LogP contribution in [0.1, 0.15) is 50.3 Å². The highest BCUT2D eigenvalue weighted by atomic mass is 16.3. The van der Waals surface area contributed by atoms with Gasteiger partial charge in [-0.25, -0.2) is 0 Å². The third-order valence-corrected chi connectivity index (χ3v) is 4.50. The fourth-order valence-electron chi connectivity index (χ4n) is 3.05. The Morgan fingerprint density at radius 1 is 1.47 bits per heavy atom. The first-order valence-electron chi connectivity index (χ1n) is 7.44. The molecular weight excluding hydrogens is 238 g/mol. The number of hydrogen-bond donors (Lipinski definition) is 2. The zero-order valence-corrected chi connectivity index (χ0v) is 12.4. The van der Waals surface area contributed by atoms with Gasteiger partial charge in [0, 0.05) is 31.9 Å². The molecule has 4 nitrogen and oxygen atoms in total. The Hall–Kier alpha value is -0.870. The molecule has 0 aliphatic heterocycles. The van der Waals surface area contributed by atoms with Gasteiger partial charge in [0.15, 0.2) is 0 Å². The average Bonchev–Trinajstić information content (AvgIpc) is 2.69. The molecule has 0 saturated heterocycles. The standard InChI is InChI=1S/C15H27N3O/c1-4-13-5-7-15(19,8-6-13)11-16-9-14-10-18(3)17-12(14)2/h10,13,16,19H,4-9,11H2,1-3H3. The maximum absolute atomic E-state index is 10.6. The fourth-order valence-corrected chi connectivity index (χ4v) is 3.05. The number of aromatic nitrogens is 2. The Bertz CT molecular complexity index is 406. The minimum Gasteiger partial charge on any atom is -0.389 e. The van der Waals surface area contributed by atoms with E-state index in [2.05, 4.69) is 17.3 Å². The highest BCUT2D eigenvalue weighted by molar-refractivity contribution is 5.14. The number of rotatable bonds is 5. The van der Waals surface area contributed by atoms with Gasteiger partial charge in [-0.1, -0.05) is 13.3 Å². The van der Waals surface area contributed by atoms with E-state index in [-0.39, 0.29) is 0 Å². The summed E-state index contributed by atoms with van der Waals surface area (Å²) in [5.74, 6) is 0.820. The molecule has 0 bridgehead atoms. The molecule has 0 unspecified atom stereocenters. The highest BCUT2D eigenvalue weighted by Crippen LogP contribution is 2.33. The van der Waals surface area contributed by atoms with E-state index in [4.69, 9.17) is 0 Å². The van der Waals surface area contributed by atoms with Crippen LogP contribution in [0.15, 0.2) is 6.20 Å². The van der Waals surface area contributed by atoms with Gasteiger partial charge < -0.3 is 10.4 Å². The first kappa shape index (κ1) is 14.5. The van der Waals surface area contributed by atoms with Gasteiger partial charge in [0.2, 0.25) is 0 Å². The maximum Gasteiger partial charge on any atom is 0.0771 e. The van der Waals surface area contributed by atoms with Crippen LogP contribution in [0.4, 0.5) is 0 Å². The largest absolute Gasteiger partial charge is 0.389 e. The van der Waals surface area contributed by atoms with Crippen molar-refractivity contribution < 1.29 is 5.11 Å². The van der Waals surface area contributed by atoms with Crippen LogP contribution in [0.2, 0.25) is 0 Å². The summed E-state index contributed by atoms with van der Waals surface area (Å²) in [6.45, 7) is 5.76. The minimum absolute atomic E-state index is 0.498. The molecule has 1 aliphatic rings. The van der Waals surface area contributed by atoms with E-state index in [1.165, 1.54) is 24.8 Å². The van der Waals surface area contributed by atoms with Crippen LogP contribution in [0.3, 0.4) is 0 Å². The summed E-state index contributed by atoms with van der Waals surface area (Å²) in [6.07, 6.45) is 7.50. The van der Waals surface area contributed by atoms with E-state index in [1.807, 2.05) is 24.9 Å².